The molecule has 0 saturated carbocycles. The molecule has 0 unspecified atom stereocenters. The Hall–Kier alpha value is -3.25. The van der Waals surface area contributed by atoms with Crippen LogP contribution in [-0.2, 0) is 0 Å². The molecule has 1 aromatic heterocycles. The number of para-hydroxylation sites is 1. The summed E-state index contributed by atoms with van der Waals surface area (Å²) in [5.74, 6) is 2.22. The molecule has 0 aliphatic carbocycles. The lowest BCUT2D eigenvalue weighted by Gasteiger charge is -2.15. The summed E-state index contributed by atoms with van der Waals surface area (Å²) in [5, 5.41) is 15.4. The Bertz CT molecular complexity index is 905. The minimum absolute atomic E-state index is 0.327. The zero-order valence-electron chi connectivity index (χ0n) is 14.9. The molecule has 0 amide bonds. The number of ether oxygens (including phenoxy) is 1. The van der Waals surface area contributed by atoms with E-state index in [4.69, 9.17) is 10.1 Å². The van der Waals surface area contributed by atoms with Gasteiger partial charge in [0.1, 0.15) is 23.6 Å². The molecule has 3 N–H and O–H groups in total. The molecule has 3 aromatic rings. The first-order valence-electron chi connectivity index (χ1n) is 8.99. The van der Waals surface area contributed by atoms with E-state index in [1.54, 1.807) is 6.20 Å². The molecule has 1 fully saturated rings. The number of aromatic nitrogens is 2. The van der Waals surface area contributed by atoms with E-state index in [2.05, 4.69) is 20.6 Å². The van der Waals surface area contributed by atoms with E-state index < -0.39 is 0 Å². The molecule has 6 heteroatoms. The van der Waals surface area contributed by atoms with E-state index in [0.717, 1.165) is 36.6 Å². The molecule has 27 heavy (non-hydrogen) atoms. The van der Waals surface area contributed by atoms with E-state index >= 15 is 0 Å². The second kappa shape index (κ2) is 7.97. The zero-order valence-corrected chi connectivity index (χ0v) is 14.9. The van der Waals surface area contributed by atoms with Crippen LogP contribution in [-0.4, -0.2) is 34.8 Å². The second-order valence-corrected chi connectivity index (χ2v) is 6.43. The van der Waals surface area contributed by atoms with Crippen LogP contribution in [0.4, 0.5) is 5.82 Å². The molecule has 136 valence electrons. The predicted molar refractivity (Wildman–Crippen MR) is 106 cm³/mol. The number of nitrogens with one attached hydrogen (secondary N) is 3. The average Bonchev–Trinajstić information content (AvgIpc) is 3.22. The van der Waals surface area contributed by atoms with E-state index in [-0.39, 0.29) is 0 Å². The minimum Gasteiger partial charge on any atom is -0.457 e. The molecular weight excluding hydrogens is 338 g/mol. The monoisotopic (exact) mass is 359 g/mol. The van der Waals surface area contributed by atoms with Crippen LogP contribution in [0.25, 0.3) is 0 Å². The summed E-state index contributed by atoms with van der Waals surface area (Å²) < 4.78 is 5.82. The van der Waals surface area contributed by atoms with Crippen LogP contribution < -0.4 is 15.4 Å². The Balaban J connectivity index is 1.51. The van der Waals surface area contributed by atoms with E-state index in [0.29, 0.717) is 23.1 Å². The number of anilines is 1. The van der Waals surface area contributed by atoms with Crippen LogP contribution in [0.5, 0.6) is 11.5 Å². The molecule has 4 rings (SSSR count). The minimum atomic E-state index is 0.327. The SMILES string of the molecule is N=C(c1ccc(Oc2ccccc2)cc1)c1cncnc1N[C@@H]1CCNC1. The van der Waals surface area contributed by atoms with Gasteiger partial charge in [0.15, 0.2) is 0 Å². The summed E-state index contributed by atoms with van der Waals surface area (Å²) in [6, 6.07) is 17.5. The van der Waals surface area contributed by atoms with Crippen molar-refractivity contribution in [3.8, 4) is 11.5 Å². The van der Waals surface area contributed by atoms with Gasteiger partial charge in [0.05, 0.1) is 11.3 Å². The number of rotatable bonds is 6. The van der Waals surface area contributed by atoms with Gasteiger partial charge in [-0.25, -0.2) is 9.97 Å². The van der Waals surface area contributed by atoms with Crippen molar-refractivity contribution in [3.05, 3.63) is 78.2 Å². The molecule has 2 heterocycles. The van der Waals surface area contributed by atoms with Crippen molar-refractivity contribution >= 4 is 11.5 Å². The fourth-order valence-electron chi connectivity index (χ4n) is 3.07. The Kier molecular flexibility index (Phi) is 5.07. The maximum Gasteiger partial charge on any atom is 0.139 e. The van der Waals surface area contributed by atoms with Crippen LogP contribution in [0.2, 0.25) is 0 Å². The van der Waals surface area contributed by atoms with Crippen molar-refractivity contribution in [3.63, 3.8) is 0 Å². The van der Waals surface area contributed by atoms with Gasteiger partial charge < -0.3 is 15.4 Å². The predicted octanol–water partition coefficient (Wildman–Crippen LogP) is 3.46. The molecule has 6 nitrogen and oxygen atoms in total. The molecular formula is C21H21N5O. The Labute approximate surface area is 158 Å². The van der Waals surface area contributed by atoms with Crippen molar-refractivity contribution < 1.29 is 4.74 Å². The van der Waals surface area contributed by atoms with Crippen LogP contribution in [0, 0.1) is 5.41 Å². The summed E-state index contributed by atoms with van der Waals surface area (Å²) in [7, 11) is 0. The van der Waals surface area contributed by atoms with E-state index in [9.17, 15) is 0 Å². The first-order chi connectivity index (χ1) is 13.3. The normalized spacial score (nSPS) is 16.1. The van der Waals surface area contributed by atoms with Crippen molar-refractivity contribution in [2.45, 2.75) is 12.5 Å². The fraction of sp³-hybridized carbons (Fsp3) is 0.190. The summed E-state index contributed by atoms with van der Waals surface area (Å²) in [6.07, 6.45) is 4.25. The molecule has 1 aliphatic heterocycles. The maximum atomic E-state index is 8.60. The van der Waals surface area contributed by atoms with Crippen molar-refractivity contribution in [2.24, 2.45) is 0 Å². The van der Waals surface area contributed by atoms with Gasteiger partial charge >= 0.3 is 0 Å². The van der Waals surface area contributed by atoms with Crippen LogP contribution in [0.15, 0.2) is 67.1 Å². The van der Waals surface area contributed by atoms with Gasteiger partial charge in [-0.1, -0.05) is 18.2 Å². The molecule has 2 aromatic carbocycles. The van der Waals surface area contributed by atoms with Crippen molar-refractivity contribution in [2.75, 3.05) is 18.4 Å². The largest absolute Gasteiger partial charge is 0.457 e. The Morgan fingerprint density at radius 2 is 1.85 bits per heavy atom. The van der Waals surface area contributed by atoms with Crippen LogP contribution >= 0.6 is 0 Å². The summed E-state index contributed by atoms with van der Waals surface area (Å²) in [6.45, 7) is 1.90. The molecule has 1 saturated heterocycles. The second-order valence-electron chi connectivity index (χ2n) is 6.43. The topological polar surface area (TPSA) is 82.9 Å². The summed E-state index contributed by atoms with van der Waals surface area (Å²) in [5.41, 5.74) is 1.87. The first kappa shape index (κ1) is 17.2. The van der Waals surface area contributed by atoms with Gasteiger partial charge in [-0.15, -0.1) is 0 Å². The molecule has 1 atom stereocenters. The number of hydrogen-bond acceptors (Lipinski definition) is 6. The highest BCUT2D eigenvalue weighted by atomic mass is 16.5. The Morgan fingerprint density at radius 3 is 2.59 bits per heavy atom. The van der Waals surface area contributed by atoms with Gasteiger partial charge in [-0.05, 0) is 49.4 Å². The Morgan fingerprint density at radius 1 is 1.07 bits per heavy atom. The van der Waals surface area contributed by atoms with E-state index in [1.165, 1.54) is 6.33 Å². The van der Waals surface area contributed by atoms with E-state index in [1.807, 2.05) is 54.6 Å². The third-order valence-electron chi connectivity index (χ3n) is 4.50. The van der Waals surface area contributed by atoms with Crippen LogP contribution in [0.3, 0.4) is 0 Å². The molecule has 0 bridgehead atoms. The zero-order chi connectivity index (χ0) is 18.5. The summed E-state index contributed by atoms with van der Waals surface area (Å²) >= 11 is 0. The van der Waals surface area contributed by atoms with Gasteiger partial charge in [0, 0.05) is 24.3 Å². The van der Waals surface area contributed by atoms with Crippen LogP contribution in [0.1, 0.15) is 17.5 Å². The lowest BCUT2D eigenvalue weighted by Crippen LogP contribution is -2.24. The van der Waals surface area contributed by atoms with Gasteiger partial charge in [0.2, 0.25) is 0 Å². The lowest BCUT2D eigenvalue weighted by atomic mass is 10.0. The average molecular weight is 359 g/mol. The highest BCUT2D eigenvalue weighted by molar-refractivity contribution is 6.13. The van der Waals surface area contributed by atoms with Gasteiger partial charge in [-0.2, -0.15) is 0 Å². The third kappa shape index (κ3) is 4.12. The highest BCUT2D eigenvalue weighted by Gasteiger charge is 2.18. The first-order valence-corrected chi connectivity index (χ1v) is 8.99. The maximum absolute atomic E-state index is 8.60. The fourth-order valence-corrected chi connectivity index (χ4v) is 3.07. The van der Waals surface area contributed by atoms with Gasteiger partial charge in [0.25, 0.3) is 0 Å². The molecule has 0 spiro atoms. The van der Waals surface area contributed by atoms with Gasteiger partial charge in [-0.3, -0.25) is 5.41 Å². The smallest absolute Gasteiger partial charge is 0.139 e. The standard InChI is InChI=1S/C21H21N5O/c22-20(19-13-24-14-25-21(19)26-16-10-11-23-12-16)15-6-8-18(9-7-15)27-17-4-2-1-3-5-17/h1-9,13-14,16,22-23H,10-12H2,(H,24,25,26)/t16-/m1/s1. The van der Waals surface area contributed by atoms with Crippen molar-refractivity contribution in [1.82, 2.24) is 15.3 Å². The number of benzene rings is 2. The molecule has 1 aliphatic rings. The summed E-state index contributed by atoms with van der Waals surface area (Å²) in [4.78, 5) is 8.45. The lowest BCUT2D eigenvalue weighted by molar-refractivity contribution is 0.482. The highest BCUT2D eigenvalue weighted by Crippen LogP contribution is 2.23. The van der Waals surface area contributed by atoms with Crippen molar-refractivity contribution in [1.29, 1.82) is 5.41 Å². The third-order valence-corrected chi connectivity index (χ3v) is 4.50. The quantitative estimate of drug-likeness (QED) is 0.587. The number of nitrogens with zero attached hydrogens (tertiary/aromatic N) is 2. The number of hydrogen-bond donors (Lipinski definition) is 3. The molecule has 0 radical (unpaired) electrons.